The summed E-state index contributed by atoms with van der Waals surface area (Å²) in [6.45, 7) is 1.44. The van der Waals surface area contributed by atoms with Gasteiger partial charge in [0, 0.05) is 36.5 Å². The zero-order valence-corrected chi connectivity index (χ0v) is 14.9. The van der Waals surface area contributed by atoms with Gasteiger partial charge in [0.1, 0.15) is 0 Å². The van der Waals surface area contributed by atoms with Crippen LogP contribution in [0.1, 0.15) is 23.4 Å². The van der Waals surface area contributed by atoms with Crippen molar-refractivity contribution in [2.75, 3.05) is 6.54 Å². The van der Waals surface area contributed by atoms with Crippen molar-refractivity contribution in [1.29, 1.82) is 0 Å². The van der Waals surface area contributed by atoms with Gasteiger partial charge in [-0.25, -0.2) is 0 Å². The second kappa shape index (κ2) is 7.30. The fourth-order valence-corrected chi connectivity index (χ4v) is 3.28. The predicted octanol–water partition coefficient (Wildman–Crippen LogP) is 3.91. The van der Waals surface area contributed by atoms with Crippen molar-refractivity contribution in [3.05, 3.63) is 70.6 Å². The second-order valence-corrected chi connectivity index (χ2v) is 6.79. The summed E-state index contributed by atoms with van der Waals surface area (Å²) in [5, 5.41) is 4.64. The Bertz CT molecular complexity index is 921. The van der Waals surface area contributed by atoms with Crippen molar-refractivity contribution < 1.29 is 9.32 Å². The number of hydrogen-bond acceptors (Lipinski definition) is 4. The molecule has 26 heavy (non-hydrogen) atoms. The molecule has 0 unspecified atom stereocenters. The Morgan fingerprint density at radius 2 is 1.88 bits per heavy atom. The lowest BCUT2D eigenvalue weighted by atomic mass is 9.99. The normalized spacial score (nSPS) is 13.5. The minimum Gasteiger partial charge on any atom is -0.339 e. The van der Waals surface area contributed by atoms with E-state index in [0.29, 0.717) is 36.1 Å². The molecule has 0 aliphatic carbocycles. The molecule has 0 spiro atoms. The number of aryl methyl sites for hydroxylation is 1. The summed E-state index contributed by atoms with van der Waals surface area (Å²) in [5.41, 5.74) is 3.40. The fourth-order valence-electron chi connectivity index (χ4n) is 3.15. The molecule has 5 nitrogen and oxygen atoms in total. The molecule has 0 fully saturated rings. The first-order valence-corrected chi connectivity index (χ1v) is 9.00. The molecule has 4 rings (SSSR count). The van der Waals surface area contributed by atoms with Crippen molar-refractivity contribution in [3.8, 4) is 11.4 Å². The van der Waals surface area contributed by atoms with Gasteiger partial charge in [0.25, 0.3) is 0 Å². The highest BCUT2D eigenvalue weighted by atomic mass is 35.5. The first-order chi connectivity index (χ1) is 12.7. The largest absolute Gasteiger partial charge is 0.339 e. The van der Waals surface area contributed by atoms with Crippen LogP contribution in [0.25, 0.3) is 11.4 Å². The van der Waals surface area contributed by atoms with E-state index in [1.54, 1.807) is 12.1 Å². The molecule has 1 aromatic heterocycles. The highest BCUT2D eigenvalue weighted by Crippen LogP contribution is 2.21. The molecule has 0 saturated carbocycles. The van der Waals surface area contributed by atoms with E-state index < -0.39 is 0 Å². The van der Waals surface area contributed by atoms with E-state index in [1.165, 1.54) is 11.1 Å². The number of nitrogens with zero attached hydrogens (tertiary/aromatic N) is 3. The van der Waals surface area contributed by atoms with Gasteiger partial charge in [-0.2, -0.15) is 4.98 Å². The maximum absolute atomic E-state index is 12.5. The van der Waals surface area contributed by atoms with E-state index in [4.69, 9.17) is 16.1 Å². The molecule has 0 saturated heterocycles. The molecule has 1 aliphatic heterocycles. The molecule has 1 aliphatic rings. The third-order valence-corrected chi connectivity index (χ3v) is 4.86. The standard InChI is InChI=1S/C20H18ClN3O2/c21-17-7-5-15(6-8-17)20-22-18(26-23-20)9-10-19(25)24-12-11-14-3-1-2-4-16(14)13-24/h1-8H,9-13H2. The Hall–Kier alpha value is -2.66. The summed E-state index contributed by atoms with van der Waals surface area (Å²) in [7, 11) is 0. The summed E-state index contributed by atoms with van der Waals surface area (Å²) in [6.07, 6.45) is 1.71. The maximum Gasteiger partial charge on any atom is 0.227 e. The van der Waals surface area contributed by atoms with Crippen molar-refractivity contribution >= 4 is 17.5 Å². The Balaban J connectivity index is 1.36. The number of halogens is 1. The van der Waals surface area contributed by atoms with Crippen LogP contribution in [-0.2, 0) is 24.2 Å². The molecule has 0 atom stereocenters. The number of carbonyl (C=O) groups is 1. The third kappa shape index (κ3) is 3.63. The Morgan fingerprint density at radius 1 is 1.12 bits per heavy atom. The van der Waals surface area contributed by atoms with E-state index in [0.717, 1.165) is 18.5 Å². The topological polar surface area (TPSA) is 59.2 Å². The predicted molar refractivity (Wildman–Crippen MR) is 98.6 cm³/mol. The molecule has 3 aromatic rings. The first-order valence-electron chi connectivity index (χ1n) is 8.62. The van der Waals surface area contributed by atoms with E-state index in [-0.39, 0.29) is 5.91 Å². The molecule has 2 heterocycles. The van der Waals surface area contributed by atoms with Crippen molar-refractivity contribution in [2.24, 2.45) is 0 Å². The van der Waals surface area contributed by atoms with Crippen LogP contribution in [0, 0.1) is 0 Å². The van der Waals surface area contributed by atoms with Gasteiger partial charge in [-0.1, -0.05) is 41.0 Å². The van der Waals surface area contributed by atoms with E-state index in [9.17, 15) is 4.79 Å². The van der Waals surface area contributed by atoms with E-state index in [2.05, 4.69) is 22.3 Å². The van der Waals surface area contributed by atoms with Gasteiger partial charge in [0.05, 0.1) is 0 Å². The maximum atomic E-state index is 12.5. The van der Waals surface area contributed by atoms with Gasteiger partial charge < -0.3 is 9.42 Å². The van der Waals surface area contributed by atoms with Crippen molar-refractivity contribution in [1.82, 2.24) is 15.0 Å². The van der Waals surface area contributed by atoms with Gasteiger partial charge in [-0.3, -0.25) is 4.79 Å². The summed E-state index contributed by atoms with van der Waals surface area (Å²) in [5.74, 6) is 1.10. The molecular weight excluding hydrogens is 350 g/mol. The number of benzene rings is 2. The molecule has 0 bridgehead atoms. The highest BCUT2D eigenvalue weighted by molar-refractivity contribution is 6.30. The molecule has 1 amide bonds. The Labute approximate surface area is 156 Å². The fraction of sp³-hybridized carbons (Fsp3) is 0.250. The highest BCUT2D eigenvalue weighted by Gasteiger charge is 2.21. The second-order valence-electron chi connectivity index (χ2n) is 6.35. The molecule has 2 aromatic carbocycles. The molecule has 6 heteroatoms. The van der Waals surface area contributed by atoms with Crippen LogP contribution < -0.4 is 0 Å². The van der Waals surface area contributed by atoms with Gasteiger partial charge in [-0.15, -0.1) is 0 Å². The number of hydrogen-bond donors (Lipinski definition) is 0. The lowest BCUT2D eigenvalue weighted by Crippen LogP contribution is -2.36. The zero-order valence-electron chi connectivity index (χ0n) is 14.2. The van der Waals surface area contributed by atoms with Crippen molar-refractivity contribution in [3.63, 3.8) is 0 Å². The molecular formula is C20H18ClN3O2. The average Bonchev–Trinajstić information content (AvgIpc) is 3.15. The third-order valence-electron chi connectivity index (χ3n) is 4.61. The van der Waals surface area contributed by atoms with E-state index in [1.807, 2.05) is 29.2 Å². The molecule has 0 radical (unpaired) electrons. The summed E-state index contributed by atoms with van der Waals surface area (Å²) in [6, 6.07) is 15.5. The first kappa shape index (κ1) is 16.8. The van der Waals surface area contributed by atoms with Crippen LogP contribution >= 0.6 is 11.6 Å². The summed E-state index contributed by atoms with van der Waals surface area (Å²) in [4.78, 5) is 18.8. The number of amides is 1. The van der Waals surface area contributed by atoms with Gasteiger partial charge >= 0.3 is 0 Å². The van der Waals surface area contributed by atoms with Crippen LogP contribution in [0.3, 0.4) is 0 Å². The van der Waals surface area contributed by atoms with Crippen molar-refractivity contribution in [2.45, 2.75) is 25.8 Å². The monoisotopic (exact) mass is 367 g/mol. The minimum absolute atomic E-state index is 0.116. The number of rotatable bonds is 4. The smallest absolute Gasteiger partial charge is 0.227 e. The zero-order chi connectivity index (χ0) is 17.9. The van der Waals surface area contributed by atoms with Crippen LogP contribution in [0.15, 0.2) is 53.1 Å². The van der Waals surface area contributed by atoms with Gasteiger partial charge in [0.15, 0.2) is 0 Å². The minimum atomic E-state index is 0.116. The lowest BCUT2D eigenvalue weighted by Gasteiger charge is -2.28. The molecule has 0 N–H and O–H groups in total. The van der Waals surface area contributed by atoms with Crippen LogP contribution in [0.2, 0.25) is 5.02 Å². The molecule has 132 valence electrons. The summed E-state index contributed by atoms with van der Waals surface area (Å²) >= 11 is 5.89. The number of fused-ring (bicyclic) bond motifs is 1. The lowest BCUT2D eigenvalue weighted by molar-refractivity contribution is -0.132. The number of carbonyl (C=O) groups excluding carboxylic acids is 1. The van der Waals surface area contributed by atoms with Crippen LogP contribution in [0.4, 0.5) is 0 Å². The van der Waals surface area contributed by atoms with E-state index >= 15 is 0 Å². The average molecular weight is 368 g/mol. The summed E-state index contributed by atoms with van der Waals surface area (Å²) < 4.78 is 5.28. The quantitative estimate of drug-likeness (QED) is 0.701. The van der Waals surface area contributed by atoms with Gasteiger partial charge in [-0.05, 0) is 41.8 Å². The Morgan fingerprint density at radius 3 is 2.69 bits per heavy atom. The Kier molecular flexibility index (Phi) is 4.71. The van der Waals surface area contributed by atoms with Gasteiger partial charge in [0.2, 0.25) is 17.6 Å². The number of aromatic nitrogens is 2. The van der Waals surface area contributed by atoms with Crippen LogP contribution in [-0.4, -0.2) is 27.5 Å². The SMILES string of the molecule is O=C(CCc1nc(-c2ccc(Cl)cc2)no1)N1CCc2ccccc2C1. The van der Waals surface area contributed by atoms with Crippen LogP contribution in [0.5, 0.6) is 0 Å².